The number of rotatable bonds is 1. The van der Waals surface area contributed by atoms with Gasteiger partial charge in [0.2, 0.25) is 0 Å². The molecular formula is C6H10N. The average Bonchev–Trinajstić information content (AvgIpc) is 1.65. The van der Waals surface area contributed by atoms with Crippen LogP contribution in [0.15, 0.2) is 0 Å². The van der Waals surface area contributed by atoms with Gasteiger partial charge in [-0.15, -0.1) is 0 Å². The lowest BCUT2D eigenvalue weighted by atomic mass is 10.3. The van der Waals surface area contributed by atoms with E-state index < -0.39 is 0 Å². The van der Waals surface area contributed by atoms with Gasteiger partial charge in [-0.1, -0.05) is 5.92 Å². The second-order valence-corrected chi connectivity index (χ2v) is 1.78. The van der Waals surface area contributed by atoms with Gasteiger partial charge in [0.1, 0.15) is 0 Å². The molecule has 1 heteroatoms. The first-order valence-electron chi connectivity index (χ1n) is 2.27. The van der Waals surface area contributed by atoms with Crippen molar-refractivity contribution in [2.24, 2.45) is 0 Å². The summed E-state index contributed by atoms with van der Waals surface area (Å²) in [5.74, 6) is 2.34. The molecule has 0 saturated carbocycles. The van der Waals surface area contributed by atoms with Gasteiger partial charge in [-0.25, -0.2) is 0 Å². The molecule has 0 saturated heterocycles. The molecule has 0 aliphatic heterocycles. The molecule has 0 heterocycles. The van der Waals surface area contributed by atoms with Crippen molar-refractivity contribution in [2.75, 3.05) is 14.1 Å². The Morgan fingerprint density at radius 1 is 1.57 bits per heavy atom. The van der Waals surface area contributed by atoms with Crippen LogP contribution in [0.2, 0.25) is 0 Å². The number of nitrogens with zero attached hydrogens (tertiary/aromatic N) is 1. The second kappa shape index (κ2) is 2.65. The SMILES string of the molecule is [C]#CC(C)N(C)C. The highest BCUT2D eigenvalue weighted by molar-refractivity contribution is 4.89. The lowest BCUT2D eigenvalue weighted by molar-refractivity contribution is 0.373. The molecule has 1 unspecified atom stereocenters. The third kappa shape index (κ3) is 2.24. The third-order valence-corrected chi connectivity index (χ3v) is 0.983. The van der Waals surface area contributed by atoms with Crippen LogP contribution < -0.4 is 0 Å². The maximum atomic E-state index is 6.65. The topological polar surface area (TPSA) is 3.24 Å². The van der Waals surface area contributed by atoms with Gasteiger partial charge in [-0.05, 0) is 27.4 Å². The third-order valence-electron chi connectivity index (χ3n) is 0.983. The molecule has 0 aromatic rings. The van der Waals surface area contributed by atoms with E-state index in [1.807, 2.05) is 25.9 Å². The van der Waals surface area contributed by atoms with Gasteiger partial charge in [-0.2, -0.15) is 0 Å². The van der Waals surface area contributed by atoms with E-state index in [0.717, 1.165) is 0 Å². The Hall–Kier alpha value is -0.480. The highest BCUT2D eigenvalue weighted by atomic mass is 15.1. The standard InChI is InChI=1S/C6H10N/c1-5-6(2)7(3)4/h6H,2-4H3. The van der Waals surface area contributed by atoms with E-state index in [0.29, 0.717) is 0 Å². The Morgan fingerprint density at radius 2 is 2.00 bits per heavy atom. The van der Waals surface area contributed by atoms with Crippen LogP contribution in [0.4, 0.5) is 0 Å². The molecule has 0 spiro atoms. The van der Waals surface area contributed by atoms with E-state index in [-0.39, 0.29) is 6.04 Å². The van der Waals surface area contributed by atoms with Crippen molar-refractivity contribution in [3.63, 3.8) is 0 Å². The Bertz CT molecular complexity index is 78.7. The second-order valence-electron chi connectivity index (χ2n) is 1.78. The van der Waals surface area contributed by atoms with Crippen LogP contribution in [-0.4, -0.2) is 25.0 Å². The molecule has 0 aliphatic rings. The van der Waals surface area contributed by atoms with Gasteiger partial charge in [0.15, 0.2) is 0 Å². The first-order valence-corrected chi connectivity index (χ1v) is 2.27. The van der Waals surface area contributed by atoms with Gasteiger partial charge < -0.3 is 0 Å². The summed E-state index contributed by atoms with van der Waals surface area (Å²) >= 11 is 0. The number of hydrogen-bond donors (Lipinski definition) is 0. The zero-order valence-corrected chi connectivity index (χ0v) is 5.02. The van der Waals surface area contributed by atoms with Gasteiger partial charge in [0.05, 0.1) is 6.04 Å². The zero-order valence-electron chi connectivity index (χ0n) is 5.02. The van der Waals surface area contributed by atoms with Crippen molar-refractivity contribution in [3.8, 4) is 5.92 Å². The molecule has 0 fully saturated rings. The van der Waals surface area contributed by atoms with E-state index in [2.05, 4.69) is 5.92 Å². The lowest BCUT2D eigenvalue weighted by Gasteiger charge is -2.11. The minimum atomic E-state index is 0.153. The summed E-state index contributed by atoms with van der Waals surface area (Å²) in [4.78, 5) is 1.92. The molecule has 0 amide bonds. The highest BCUT2D eigenvalue weighted by Gasteiger charge is 1.94. The minimum Gasteiger partial charge on any atom is -0.296 e. The molecule has 1 nitrogen and oxygen atoms in total. The molecule has 0 bridgehead atoms. The fourth-order valence-electron chi connectivity index (χ4n) is 0.129. The highest BCUT2D eigenvalue weighted by Crippen LogP contribution is 1.84. The maximum Gasteiger partial charge on any atom is 0.0691 e. The summed E-state index contributed by atoms with van der Waals surface area (Å²) in [6.45, 7) is 1.92. The smallest absolute Gasteiger partial charge is 0.0691 e. The Balaban J connectivity index is 3.40. The van der Waals surface area contributed by atoms with Crippen LogP contribution in [0.3, 0.4) is 0 Å². The lowest BCUT2D eigenvalue weighted by Crippen LogP contribution is -2.22. The Labute approximate surface area is 45.3 Å². The monoisotopic (exact) mass is 96.1 g/mol. The van der Waals surface area contributed by atoms with Crippen molar-refractivity contribution in [2.45, 2.75) is 13.0 Å². The summed E-state index contributed by atoms with van der Waals surface area (Å²) in [6.07, 6.45) is 6.65. The largest absolute Gasteiger partial charge is 0.296 e. The van der Waals surface area contributed by atoms with E-state index >= 15 is 0 Å². The molecule has 0 aromatic carbocycles. The average molecular weight is 96.2 g/mol. The van der Waals surface area contributed by atoms with Gasteiger partial charge in [0.25, 0.3) is 0 Å². The molecule has 39 valence electrons. The summed E-state index contributed by atoms with van der Waals surface area (Å²) in [7, 11) is 3.85. The summed E-state index contributed by atoms with van der Waals surface area (Å²) < 4.78 is 0. The van der Waals surface area contributed by atoms with Crippen molar-refractivity contribution < 1.29 is 0 Å². The quantitative estimate of drug-likeness (QED) is 0.430. The fourth-order valence-corrected chi connectivity index (χ4v) is 0.129. The van der Waals surface area contributed by atoms with Gasteiger partial charge in [-0.3, -0.25) is 4.90 Å². The molecule has 0 rings (SSSR count). The zero-order chi connectivity index (χ0) is 5.86. The van der Waals surface area contributed by atoms with E-state index in [4.69, 9.17) is 6.42 Å². The number of hydrogen-bond acceptors (Lipinski definition) is 1. The Morgan fingerprint density at radius 3 is 2.00 bits per heavy atom. The first kappa shape index (κ1) is 6.52. The summed E-state index contributed by atoms with van der Waals surface area (Å²) in [6, 6.07) is 0.153. The van der Waals surface area contributed by atoms with Crippen molar-refractivity contribution in [3.05, 3.63) is 6.42 Å². The van der Waals surface area contributed by atoms with Crippen molar-refractivity contribution in [1.82, 2.24) is 4.90 Å². The molecular weight excluding hydrogens is 86.1 g/mol. The van der Waals surface area contributed by atoms with Gasteiger partial charge in [0, 0.05) is 0 Å². The van der Waals surface area contributed by atoms with Crippen LogP contribution in [0.25, 0.3) is 0 Å². The Kier molecular flexibility index (Phi) is 2.47. The van der Waals surface area contributed by atoms with E-state index in [9.17, 15) is 0 Å². The molecule has 1 radical (unpaired) electrons. The fraction of sp³-hybridized carbons (Fsp3) is 0.667. The summed E-state index contributed by atoms with van der Waals surface area (Å²) in [5.41, 5.74) is 0. The van der Waals surface area contributed by atoms with Gasteiger partial charge >= 0.3 is 0 Å². The van der Waals surface area contributed by atoms with Crippen LogP contribution in [0, 0.1) is 12.3 Å². The first-order chi connectivity index (χ1) is 3.18. The molecule has 7 heavy (non-hydrogen) atoms. The van der Waals surface area contributed by atoms with Crippen LogP contribution >= 0.6 is 0 Å². The van der Waals surface area contributed by atoms with E-state index in [1.165, 1.54) is 0 Å². The van der Waals surface area contributed by atoms with E-state index in [1.54, 1.807) is 0 Å². The minimum absolute atomic E-state index is 0.153. The van der Waals surface area contributed by atoms with Crippen LogP contribution in [0.5, 0.6) is 0 Å². The molecule has 0 aliphatic carbocycles. The summed E-state index contributed by atoms with van der Waals surface area (Å²) in [5, 5.41) is 0. The van der Waals surface area contributed by atoms with Crippen molar-refractivity contribution in [1.29, 1.82) is 0 Å². The molecule has 1 atom stereocenters. The molecule has 0 aromatic heterocycles. The normalized spacial score (nSPS) is 13.6. The molecule has 0 N–H and O–H groups in total. The van der Waals surface area contributed by atoms with Crippen LogP contribution in [-0.2, 0) is 0 Å². The predicted octanol–water partition coefficient (Wildman–Crippen LogP) is 0.526. The van der Waals surface area contributed by atoms with Crippen LogP contribution in [0.1, 0.15) is 6.92 Å². The predicted molar refractivity (Wildman–Crippen MR) is 30.3 cm³/mol. The maximum absolute atomic E-state index is 6.65. The van der Waals surface area contributed by atoms with Crippen molar-refractivity contribution >= 4 is 0 Å².